The smallest absolute Gasteiger partial charge is 0.331 e. The Labute approximate surface area is 165 Å². The molecule has 0 unspecified atom stereocenters. The van der Waals surface area contributed by atoms with Crippen molar-refractivity contribution in [2.75, 3.05) is 0 Å². The molecule has 0 aliphatic rings. The molecule has 0 bridgehead atoms. The van der Waals surface area contributed by atoms with Crippen molar-refractivity contribution < 1.29 is 0 Å². The van der Waals surface area contributed by atoms with Crippen molar-refractivity contribution >= 4 is 34.8 Å². The molecular weight excluding hydrogens is 396 g/mol. The van der Waals surface area contributed by atoms with Gasteiger partial charge in [-0.15, -0.1) is 0 Å². The molecule has 0 aromatic carbocycles. The molecule has 0 aliphatic heterocycles. The van der Waals surface area contributed by atoms with Gasteiger partial charge in [0.1, 0.15) is 11.0 Å². The van der Waals surface area contributed by atoms with E-state index in [1.807, 2.05) is 0 Å². The zero-order chi connectivity index (χ0) is 21.7. The molecule has 0 fully saturated rings. The fourth-order valence-electron chi connectivity index (χ4n) is 2.99. The van der Waals surface area contributed by atoms with Crippen molar-refractivity contribution in [3.05, 3.63) is 53.3 Å². The number of H-pyrrole nitrogens is 2. The molecule has 4 aromatic heterocycles. The molecule has 14 nitrogen and oxygen atoms in total. The van der Waals surface area contributed by atoms with E-state index < -0.39 is 22.5 Å². The summed E-state index contributed by atoms with van der Waals surface area (Å²) in [7, 11) is 5.76. The number of rotatable bonds is 3. The molecule has 154 valence electrons. The number of aromatic nitrogens is 8. The van der Waals surface area contributed by atoms with Crippen molar-refractivity contribution in [1.29, 1.82) is 0 Å². The highest BCUT2D eigenvalue weighted by Crippen LogP contribution is 2.04. The highest BCUT2D eigenvalue weighted by molar-refractivity contribution is 5.84. The first kappa shape index (κ1) is 19.0. The largest absolute Gasteiger partial charge is 0.332 e. The number of fused-ring (bicyclic) bond motifs is 2. The van der Waals surface area contributed by atoms with Crippen molar-refractivity contribution in [2.45, 2.75) is 0 Å². The minimum Gasteiger partial charge on any atom is -0.331 e. The third-order valence-electron chi connectivity index (χ3n) is 4.65. The van der Waals surface area contributed by atoms with Gasteiger partial charge in [-0.3, -0.25) is 27.9 Å². The Morgan fingerprint density at radius 1 is 0.667 bits per heavy atom. The third kappa shape index (κ3) is 2.73. The summed E-state index contributed by atoms with van der Waals surface area (Å²) in [5.41, 5.74) is -1.27. The summed E-state index contributed by atoms with van der Waals surface area (Å²) < 4.78 is 4.43. The van der Waals surface area contributed by atoms with Crippen LogP contribution in [0.1, 0.15) is 11.6 Å². The average molecular weight is 412 g/mol. The lowest BCUT2D eigenvalue weighted by Gasteiger charge is -2.00. The van der Waals surface area contributed by atoms with Crippen LogP contribution in [0.15, 0.2) is 29.4 Å². The fourth-order valence-corrected chi connectivity index (χ4v) is 2.99. The van der Waals surface area contributed by atoms with Crippen molar-refractivity contribution in [1.82, 2.24) is 38.2 Å². The number of hydrogen-bond donors (Lipinski definition) is 2. The van der Waals surface area contributed by atoms with Gasteiger partial charge >= 0.3 is 11.4 Å². The van der Waals surface area contributed by atoms with Gasteiger partial charge in [-0.05, 0) is 0 Å². The van der Waals surface area contributed by atoms with Crippen LogP contribution in [-0.2, 0) is 28.2 Å². The fraction of sp³-hybridized carbons (Fsp3) is 0.250. The Balaban J connectivity index is 1.67. The molecule has 2 N–H and O–H groups in total. The summed E-state index contributed by atoms with van der Waals surface area (Å²) in [5.74, 6) is 0.447. The van der Waals surface area contributed by atoms with Gasteiger partial charge < -0.3 is 9.97 Å². The van der Waals surface area contributed by atoms with Gasteiger partial charge in [-0.1, -0.05) is 0 Å². The van der Waals surface area contributed by atoms with Crippen LogP contribution in [0, 0.1) is 0 Å². The molecule has 4 heterocycles. The second kappa shape index (κ2) is 6.61. The maximum atomic E-state index is 12.2. The average Bonchev–Trinajstić information content (AvgIpc) is 3.35. The first-order valence-corrected chi connectivity index (χ1v) is 8.58. The van der Waals surface area contributed by atoms with Crippen LogP contribution >= 0.6 is 0 Å². The van der Waals surface area contributed by atoms with Gasteiger partial charge in [0.25, 0.3) is 11.1 Å². The summed E-state index contributed by atoms with van der Waals surface area (Å²) in [6.45, 7) is 0. The van der Waals surface area contributed by atoms with Crippen molar-refractivity contribution in [3.8, 4) is 0 Å². The summed E-state index contributed by atoms with van der Waals surface area (Å²) in [5, 5.41) is 7.66. The lowest BCUT2D eigenvalue weighted by molar-refractivity contribution is 0.709. The first-order chi connectivity index (χ1) is 14.2. The summed E-state index contributed by atoms with van der Waals surface area (Å²) in [4.78, 5) is 62.1. The van der Waals surface area contributed by atoms with E-state index in [1.165, 1.54) is 49.8 Å². The minimum absolute atomic E-state index is 0.166. The first-order valence-electron chi connectivity index (χ1n) is 8.58. The molecule has 0 spiro atoms. The normalized spacial score (nSPS) is 12.3. The van der Waals surface area contributed by atoms with E-state index in [0.717, 1.165) is 9.13 Å². The number of aromatic amines is 2. The van der Waals surface area contributed by atoms with E-state index in [1.54, 1.807) is 0 Å². The van der Waals surface area contributed by atoms with Gasteiger partial charge in [-0.2, -0.15) is 10.2 Å². The molecular formula is C16H16N10O4. The van der Waals surface area contributed by atoms with E-state index >= 15 is 0 Å². The summed E-state index contributed by atoms with van der Waals surface area (Å²) in [6.07, 6.45) is 2.52. The van der Waals surface area contributed by atoms with Crippen LogP contribution in [-0.4, -0.2) is 50.6 Å². The molecule has 0 saturated carbocycles. The predicted octanol–water partition coefficient (Wildman–Crippen LogP) is -2.31. The molecule has 0 atom stereocenters. The Bertz CT molecular complexity index is 1500. The zero-order valence-electron chi connectivity index (χ0n) is 16.4. The van der Waals surface area contributed by atoms with Crippen LogP contribution < -0.4 is 22.5 Å². The SMILES string of the molecule is Cn1c(=O)c2[nH]c(/C=N/N=C/c3nc4c([nH]3)c(=O)n(C)c(=O)n4C)nc2n(C)c1=O. The number of nitrogens with zero attached hydrogens (tertiary/aromatic N) is 8. The second-order valence-electron chi connectivity index (χ2n) is 6.54. The van der Waals surface area contributed by atoms with E-state index in [2.05, 4.69) is 30.1 Å². The van der Waals surface area contributed by atoms with Crippen LogP contribution in [0.5, 0.6) is 0 Å². The minimum atomic E-state index is -0.502. The number of hydrogen-bond acceptors (Lipinski definition) is 8. The maximum absolute atomic E-state index is 12.2. The Hall–Kier alpha value is -4.36. The Morgan fingerprint density at radius 3 is 1.40 bits per heavy atom. The van der Waals surface area contributed by atoms with Gasteiger partial charge in [0.2, 0.25) is 0 Å². The second-order valence-corrected chi connectivity index (χ2v) is 6.54. The quantitative estimate of drug-likeness (QED) is 0.283. The third-order valence-corrected chi connectivity index (χ3v) is 4.65. The molecule has 4 aromatic rings. The monoisotopic (exact) mass is 412 g/mol. The summed E-state index contributed by atoms with van der Waals surface area (Å²) >= 11 is 0. The van der Waals surface area contributed by atoms with E-state index in [0.29, 0.717) is 0 Å². The highest BCUT2D eigenvalue weighted by atomic mass is 16.2. The van der Waals surface area contributed by atoms with Gasteiger partial charge in [-0.25, -0.2) is 19.6 Å². The molecule has 0 amide bonds. The molecule has 0 saturated heterocycles. The predicted molar refractivity (Wildman–Crippen MR) is 108 cm³/mol. The van der Waals surface area contributed by atoms with Crippen molar-refractivity contribution in [3.63, 3.8) is 0 Å². The topological polar surface area (TPSA) is 170 Å². The van der Waals surface area contributed by atoms with Crippen LogP contribution in [0.2, 0.25) is 0 Å². The van der Waals surface area contributed by atoms with E-state index in [9.17, 15) is 19.2 Å². The van der Waals surface area contributed by atoms with Gasteiger partial charge in [0, 0.05) is 28.2 Å². The Kier molecular flexibility index (Phi) is 4.18. The van der Waals surface area contributed by atoms with Crippen molar-refractivity contribution in [2.24, 2.45) is 38.4 Å². The van der Waals surface area contributed by atoms with E-state index in [-0.39, 0.29) is 34.0 Å². The summed E-state index contributed by atoms with van der Waals surface area (Å²) in [6, 6.07) is 0. The Morgan fingerprint density at radius 2 is 1.03 bits per heavy atom. The lowest BCUT2D eigenvalue weighted by Crippen LogP contribution is -2.36. The lowest BCUT2D eigenvalue weighted by atomic mass is 10.5. The molecule has 30 heavy (non-hydrogen) atoms. The van der Waals surface area contributed by atoms with Crippen LogP contribution in [0.25, 0.3) is 22.3 Å². The van der Waals surface area contributed by atoms with Gasteiger partial charge in [0.15, 0.2) is 22.9 Å². The number of imidazole rings is 2. The van der Waals surface area contributed by atoms with Gasteiger partial charge in [0.05, 0.1) is 12.4 Å². The number of aryl methyl sites for hydroxylation is 2. The number of nitrogens with one attached hydrogen (secondary N) is 2. The molecule has 0 aliphatic carbocycles. The van der Waals surface area contributed by atoms with Crippen LogP contribution in [0.3, 0.4) is 0 Å². The maximum Gasteiger partial charge on any atom is 0.332 e. The van der Waals surface area contributed by atoms with Crippen LogP contribution in [0.4, 0.5) is 0 Å². The molecule has 14 heteroatoms. The highest BCUT2D eigenvalue weighted by Gasteiger charge is 2.13. The molecule has 0 radical (unpaired) electrons. The zero-order valence-corrected chi connectivity index (χ0v) is 16.4. The van der Waals surface area contributed by atoms with E-state index in [4.69, 9.17) is 0 Å². The molecule has 4 rings (SSSR count). The standard InChI is InChI=1S/C16H16N10O4/c1-23-11-9(13(27)25(3)15(23)29)19-7(21-11)5-17-18-6-8-20-10-12(22-8)24(2)16(30)26(4)14(10)28/h5-6H,1-4H3,(H,19,21)(H,20,22)/b17-5+,18-6+.